The lowest BCUT2D eigenvalue weighted by Gasteiger charge is -2.21. The number of ether oxygens (including phenoxy) is 3. The number of methoxy groups -OCH3 is 2. The molecule has 10 atom stereocenters. The Morgan fingerprint density at radius 1 is 0.523 bits per heavy atom. The third-order valence-corrected chi connectivity index (χ3v) is 15.1. The van der Waals surface area contributed by atoms with Gasteiger partial charge >= 0.3 is 29.6 Å². The smallest absolute Gasteiger partial charge is 0.412 e. The maximum atomic E-state index is 12.4. The van der Waals surface area contributed by atoms with Crippen LogP contribution in [-0.2, 0) is 14.2 Å². The zero-order valence-electron chi connectivity index (χ0n) is 49.8. The van der Waals surface area contributed by atoms with Gasteiger partial charge in [-0.3, -0.25) is 24.5 Å². The maximum Gasteiger partial charge on any atom is 0.412 e. The second-order valence-corrected chi connectivity index (χ2v) is 22.2. The molecule has 5 saturated carbocycles. The Balaban J connectivity index is 0.000000281. The summed E-state index contributed by atoms with van der Waals surface area (Å²) in [6, 6.07) is 14.4. The maximum absolute atomic E-state index is 12.4. The van der Waals surface area contributed by atoms with Crippen LogP contribution in [-0.4, -0.2) is 129 Å². The zero-order valence-corrected chi connectivity index (χ0v) is 51.4. The molecule has 0 radical (unpaired) electrons. The number of hydrogen-bond donors (Lipinski definition) is 9. The van der Waals surface area contributed by atoms with Crippen LogP contribution in [0.1, 0.15) is 172 Å². The van der Waals surface area contributed by atoms with Crippen molar-refractivity contribution in [1.82, 2.24) is 18.3 Å². The van der Waals surface area contributed by atoms with Crippen molar-refractivity contribution in [2.24, 2.45) is 5.73 Å². The van der Waals surface area contributed by atoms with Crippen LogP contribution in [0, 0.1) is 0 Å². The van der Waals surface area contributed by atoms with Gasteiger partial charge in [0.05, 0.1) is 80.9 Å². The first-order valence-electron chi connectivity index (χ1n) is 28.5. The Kier molecular flexibility index (Phi) is 30.2. The van der Waals surface area contributed by atoms with Gasteiger partial charge < -0.3 is 79.0 Å². The SMILES string of the molecule is CC(C)(C)OC(=O)Nc1cccn([C@H]2CCC[C@H]2O)c1=O.COC(=O)c1cccn([C@H]2CCC[C@H]2O)c1=O.COC(=O)c1cccoc1=O.Cl.Cl.NC1CCC[C@H]1O.Nc1cccn([C@H]2CCC[C@H]2O)c1=O.O=C(O)c1cccn([C@H]2CCC[C@H]2O)c1=O. The van der Waals surface area contributed by atoms with E-state index in [1.165, 1.54) is 76.8 Å². The van der Waals surface area contributed by atoms with Crippen molar-refractivity contribution in [3.8, 4) is 0 Å². The summed E-state index contributed by atoms with van der Waals surface area (Å²) >= 11 is 0. The Morgan fingerprint density at radius 3 is 1.27 bits per heavy atom. The number of carboxylic acid groups (broad SMARTS) is 1. The lowest BCUT2D eigenvalue weighted by Crippen LogP contribution is -2.33. The first-order valence-corrected chi connectivity index (χ1v) is 28.5. The number of rotatable bonds is 8. The van der Waals surface area contributed by atoms with Gasteiger partial charge in [0.15, 0.2) is 0 Å². The fraction of sp³-hybridized carbons (Fsp3) is 0.517. The van der Waals surface area contributed by atoms with Crippen LogP contribution in [0.2, 0.25) is 0 Å². The van der Waals surface area contributed by atoms with E-state index in [2.05, 4.69) is 19.2 Å². The average Bonchev–Trinajstić information content (AvgIpc) is 4.35. The summed E-state index contributed by atoms with van der Waals surface area (Å²) in [6.07, 6.45) is 17.3. The Hall–Kier alpha value is -7.43. The number of nitrogen functional groups attached to an aromatic ring is 1. The summed E-state index contributed by atoms with van der Waals surface area (Å²) in [7, 11) is 2.44. The molecule has 5 aliphatic carbocycles. The number of aliphatic hydroxyl groups excluding tert-OH is 5. The van der Waals surface area contributed by atoms with Crippen molar-refractivity contribution in [3.63, 3.8) is 0 Å². The fourth-order valence-electron chi connectivity index (χ4n) is 10.6. The molecule has 88 heavy (non-hydrogen) atoms. The quantitative estimate of drug-likeness (QED) is 0.0704. The van der Waals surface area contributed by atoms with Crippen LogP contribution in [0.5, 0.6) is 0 Å². The van der Waals surface area contributed by atoms with Crippen LogP contribution in [0.4, 0.5) is 16.2 Å². The highest BCUT2D eigenvalue weighted by Gasteiger charge is 2.32. The lowest BCUT2D eigenvalue weighted by atomic mass is 10.2. The molecule has 10 rings (SSSR count). The number of aliphatic hydroxyl groups is 5. The Labute approximate surface area is 519 Å². The second kappa shape index (κ2) is 35.5. The minimum atomic E-state index is -1.23. The summed E-state index contributed by atoms with van der Waals surface area (Å²) in [4.78, 5) is 103. The fourth-order valence-corrected chi connectivity index (χ4v) is 10.6. The predicted molar refractivity (Wildman–Crippen MR) is 330 cm³/mol. The van der Waals surface area contributed by atoms with E-state index in [0.717, 1.165) is 70.6 Å². The summed E-state index contributed by atoms with van der Waals surface area (Å²) in [6.45, 7) is 5.26. The minimum absolute atomic E-state index is 0. The monoisotopic (exact) mass is 1280 g/mol. The summed E-state index contributed by atoms with van der Waals surface area (Å²) in [5.41, 5.74) is 8.25. The van der Waals surface area contributed by atoms with E-state index in [-0.39, 0.29) is 100 Å². The van der Waals surface area contributed by atoms with Gasteiger partial charge in [0.1, 0.15) is 28.0 Å². The van der Waals surface area contributed by atoms with E-state index in [1.807, 2.05) is 0 Å². The third kappa shape index (κ3) is 20.9. The number of nitrogens with one attached hydrogen (secondary N) is 1. The number of pyridine rings is 4. The number of nitrogens with two attached hydrogens (primary N) is 2. The Bertz CT molecular complexity index is 3370. The van der Waals surface area contributed by atoms with Crippen LogP contribution in [0.3, 0.4) is 0 Å². The number of hydrogen-bond acceptors (Lipinski definition) is 20. The molecule has 5 aromatic heterocycles. The van der Waals surface area contributed by atoms with Crippen molar-refractivity contribution in [2.75, 3.05) is 25.3 Å². The number of aromatic carboxylic acids is 1. The van der Waals surface area contributed by atoms with Crippen LogP contribution in [0.25, 0.3) is 0 Å². The average molecular weight is 1280 g/mol. The van der Waals surface area contributed by atoms with E-state index in [0.29, 0.717) is 25.7 Å². The summed E-state index contributed by atoms with van der Waals surface area (Å²) in [5, 5.41) is 59.2. The van der Waals surface area contributed by atoms with Crippen molar-refractivity contribution >= 4 is 60.2 Å². The van der Waals surface area contributed by atoms with E-state index < -0.39 is 70.8 Å². The normalized spacial score (nSPS) is 23.0. The first kappa shape index (κ1) is 74.8. The predicted octanol–water partition coefficient (Wildman–Crippen LogP) is 5.28. The number of carbonyl (C=O) groups excluding carboxylic acids is 3. The number of carbonyl (C=O) groups is 4. The third-order valence-electron chi connectivity index (χ3n) is 15.1. The molecule has 0 aromatic carbocycles. The largest absolute Gasteiger partial charge is 0.477 e. The molecule has 0 saturated heterocycles. The molecule has 5 heterocycles. The molecule has 5 fully saturated rings. The number of anilines is 2. The van der Waals surface area contributed by atoms with Gasteiger partial charge in [0.2, 0.25) is 0 Å². The number of halogens is 2. The Morgan fingerprint density at radius 2 is 0.898 bits per heavy atom. The van der Waals surface area contributed by atoms with Crippen molar-refractivity contribution in [3.05, 3.63) is 160 Å². The van der Waals surface area contributed by atoms with Gasteiger partial charge in [-0.15, -0.1) is 24.8 Å². The second-order valence-electron chi connectivity index (χ2n) is 22.2. The van der Waals surface area contributed by atoms with Gasteiger partial charge in [-0.1, -0.05) is 0 Å². The summed E-state index contributed by atoms with van der Waals surface area (Å²) in [5.74, 6) is -2.55. The topological polar surface area (TPSA) is 400 Å². The van der Waals surface area contributed by atoms with Crippen LogP contribution >= 0.6 is 24.8 Å². The molecule has 26 nitrogen and oxygen atoms in total. The van der Waals surface area contributed by atoms with Gasteiger partial charge in [-0.05, 0) is 178 Å². The molecule has 486 valence electrons. The van der Waals surface area contributed by atoms with Gasteiger partial charge in [0.25, 0.3) is 22.2 Å². The minimum Gasteiger partial charge on any atom is -0.477 e. The van der Waals surface area contributed by atoms with Crippen molar-refractivity contribution in [1.29, 1.82) is 0 Å². The van der Waals surface area contributed by atoms with Crippen molar-refractivity contribution in [2.45, 2.75) is 183 Å². The van der Waals surface area contributed by atoms with Crippen LogP contribution < -0.4 is 44.6 Å². The number of nitrogens with zero attached hydrogens (tertiary/aromatic N) is 4. The molecule has 5 aliphatic rings. The molecule has 0 spiro atoms. The molecule has 5 aromatic rings. The number of amides is 1. The summed E-state index contributed by atoms with van der Waals surface area (Å²) < 4.78 is 24.2. The highest BCUT2D eigenvalue weighted by atomic mass is 35.5. The molecular weight excluding hydrogens is 1190 g/mol. The number of aromatic nitrogens is 4. The van der Waals surface area contributed by atoms with Crippen LogP contribution in [0.15, 0.2) is 120 Å². The first-order chi connectivity index (χ1) is 40.8. The standard InChI is InChI=1S/C15H22N2O4.C12H15NO4.C11H13NO4.C10H14N2O2.C7H6O4.C5H11NO.2ClH/c1-15(2,3)21-14(20)16-10-6-5-9-17(13(10)19)11-7-4-8-12(11)18;1-17-12(16)8-4-3-7-13(11(8)15)9-5-2-6-10(9)14;13-9-5-1-4-8(9)12-6-2-3-7(10(12)14)11(15)16;11-7-3-2-6-12(10(7)14)8-4-1-5-9(8)13;1-10-6(8)5-3-2-4-11-7(5)9;6-4-2-1-3-5(4)7;;/h5-6,9,11-12,18H,4,7-8H2,1-3H3,(H,16,20);3-4,7,9-10,14H,2,5-6H2,1H3;2-3,6,8-9,13H,1,4-5H2,(H,15,16);2-3,6,8-9,13H,1,4-5,11H2;2-4H,1H3;4-5,7H,1-3,6H2;2*1H/t11-,12+;9-,10+;2*8-,9+;;4?,5-;;/m0000.1../s1. The van der Waals surface area contributed by atoms with Crippen molar-refractivity contribution < 1.29 is 68.4 Å². The molecule has 28 heteroatoms. The van der Waals surface area contributed by atoms with E-state index in [9.17, 15) is 63.6 Å². The van der Waals surface area contributed by atoms with Gasteiger partial charge in [-0.25, -0.2) is 24.0 Å². The lowest BCUT2D eigenvalue weighted by molar-refractivity contribution is 0.0587. The molecule has 11 N–H and O–H groups in total. The molecule has 1 amide bonds. The highest BCUT2D eigenvalue weighted by molar-refractivity contribution is 5.89. The number of esters is 2. The molecule has 0 bridgehead atoms. The van der Waals surface area contributed by atoms with Gasteiger partial charge in [0, 0.05) is 30.8 Å². The van der Waals surface area contributed by atoms with E-state index in [4.69, 9.17) is 26.4 Å². The molecule has 1 unspecified atom stereocenters. The number of carboxylic acids is 1. The zero-order chi connectivity index (χ0) is 63.4. The molecular formula is C60H83Cl2N7O19. The van der Waals surface area contributed by atoms with Gasteiger partial charge in [-0.2, -0.15) is 0 Å². The molecule has 0 aliphatic heterocycles. The van der Waals surface area contributed by atoms with E-state index >= 15 is 0 Å². The van der Waals surface area contributed by atoms with E-state index in [1.54, 1.807) is 68.2 Å². The highest BCUT2D eigenvalue weighted by Crippen LogP contribution is 2.32.